The van der Waals surface area contributed by atoms with Crippen LogP contribution >= 0.6 is 11.8 Å². The second-order valence-corrected chi connectivity index (χ2v) is 8.64. The van der Waals surface area contributed by atoms with Crippen LogP contribution in [0.15, 0.2) is 52.3 Å². The summed E-state index contributed by atoms with van der Waals surface area (Å²) in [4.78, 5) is 12.9. The maximum atomic E-state index is 12.9. The van der Waals surface area contributed by atoms with Crippen molar-refractivity contribution in [1.82, 2.24) is 4.72 Å². The van der Waals surface area contributed by atoms with Crippen molar-refractivity contribution >= 4 is 33.4 Å². The average molecular weight is 380 g/mol. The lowest BCUT2D eigenvalue weighted by Crippen LogP contribution is -2.24. The highest BCUT2D eigenvalue weighted by Gasteiger charge is 2.22. The van der Waals surface area contributed by atoms with Gasteiger partial charge >= 0.3 is 0 Å². The molecule has 132 valence electrons. The molecule has 8 heteroatoms. The van der Waals surface area contributed by atoms with Crippen LogP contribution in [0.3, 0.4) is 0 Å². The maximum Gasteiger partial charge on any atom is 0.240 e. The van der Waals surface area contributed by atoms with Crippen LogP contribution in [-0.4, -0.2) is 20.1 Å². The molecular formula is C17H17FN2O3S2. The molecule has 0 aromatic heterocycles. The first-order valence-electron chi connectivity index (χ1n) is 7.67. The summed E-state index contributed by atoms with van der Waals surface area (Å²) < 4.78 is 40.4. The summed E-state index contributed by atoms with van der Waals surface area (Å²) in [6, 6.07) is 10.3. The van der Waals surface area contributed by atoms with E-state index in [-0.39, 0.29) is 29.1 Å². The third kappa shape index (κ3) is 4.20. The molecule has 0 bridgehead atoms. The van der Waals surface area contributed by atoms with Gasteiger partial charge in [0.25, 0.3) is 0 Å². The molecule has 1 aliphatic heterocycles. The predicted octanol–water partition coefficient (Wildman–Crippen LogP) is 2.98. The summed E-state index contributed by atoms with van der Waals surface area (Å²) in [5.41, 5.74) is 1.15. The molecule has 0 saturated carbocycles. The Bertz CT molecular complexity index is 899. The number of carbonyl (C=O) groups is 1. The largest absolute Gasteiger partial charge is 0.325 e. The minimum absolute atomic E-state index is 0.0534. The number of halogens is 1. The lowest BCUT2D eigenvalue weighted by molar-refractivity contribution is -0.118. The number of rotatable bonds is 4. The van der Waals surface area contributed by atoms with Crippen molar-refractivity contribution in [1.29, 1.82) is 0 Å². The fourth-order valence-corrected chi connectivity index (χ4v) is 4.36. The Morgan fingerprint density at radius 3 is 2.68 bits per heavy atom. The van der Waals surface area contributed by atoms with Gasteiger partial charge in [0, 0.05) is 23.1 Å². The monoisotopic (exact) mass is 380 g/mol. The molecular weight excluding hydrogens is 363 g/mol. The van der Waals surface area contributed by atoms with Crippen LogP contribution in [-0.2, 0) is 21.4 Å². The van der Waals surface area contributed by atoms with Crippen molar-refractivity contribution in [2.75, 3.05) is 11.1 Å². The minimum Gasteiger partial charge on any atom is -0.325 e. The second kappa shape index (κ2) is 7.15. The van der Waals surface area contributed by atoms with E-state index in [4.69, 9.17) is 0 Å². The van der Waals surface area contributed by atoms with Crippen LogP contribution in [0, 0.1) is 11.7 Å². The third-order valence-corrected chi connectivity index (χ3v) is 6.57. The highest BCUT2D eigenvalue weighted by molar-refractivity contribution is 7.99. The fraction of sp³-hybridized carbons (Fsp3) is 0.235. The summed E-state index contributed by atoms with van der Waals surface area (Å²) in [5.74, 6) is 0.00209. The number of carbonyl (C=O) groups excluding carboxylic acids is 1. The summed E-state index contributed by atoms with van der Waals surface area (Å²) in [7, 11) is -3.75. The van der Waals surface area contributed by atoms with Gasteiger partial charge in [-0.15, -0.1) is 11.8 Å². The molecule has 0 fully saturated rings. The van der Waals surface area contributed by atoms with E-state index >= 15 is 0 Å². The molecule has 5 nitrogen and oxygen atoms in total. The number of fused-ring (bicyclic) bond motifs is 1. The molecule has 1 aliphatic rings. The molecule has 25 heavy (non-hydrogen) atoms. The van der Waals surface area contributed by atoms with E-state index in [1.165, 1.54) is 48.2 Å². The van der Waals surface area contributed by atoms with Gasteiger partial charge in [-0.1, -0.05) is 19.1 Å². The summed E-state index contributed by atoms with van der Waals surface area (Å²) in [5, 5.41) is 2.77. The van der Waals surface area contributed by atoms with E-state index < -0.39 is 10.0 Å². The van der Waals surface area contributed by atoms with Gasteiger partial charge < -0.3 is 5.32 Å². The van der Waals surface area contributed by atoms with Gasteiger partial charge in [-0.2, -0.15) is 0 Å². The van der Waals surface area contributed by atoms with E-state index in [2.05, 4.69) is 10.0 Å². The van der Waals surface area contributed by atoms with E-state index in [0.29, 0.717) is 17.0 Å². The highest BCUT2D eigenvalue weighted by atomic mass is 32.2. The molecule has 3 rings (SSSR count). The topological polar surface area (TPSA) is 75.3 Å². The summed E-state index contributed by atoms with van der Waals surface area (Å²) in [6.45, 7) is 1.88. The van der Waals surface area contributed by atoms with Crippen molar-refractivity contribution < 1.29 is 17.6 Å². The number of anilines is 1. The van der Waals surface area contributed by atoms with Crippen molar-refractivity contribution in [2.45, 2.75) is 23.3 Å². The molecule has 0 spiro atoms. The number of amides is 1. The van der Waals surface area contributed by atoms with Crippen LogP contribution in [0.25, 0.3) is 0 Å². The standard InChI is InChI=1S/C17H17FN2O3S2/c1-11-10-24-16-7-6-14(8-15(16)20-17(11)21)25(22,23)19-9-12-2-4-13(18)5-3-12/h2-8,11,19H,9-10H2,1H3,(H,20,21)/t11-/m0/s1. The summed E-state index contributed by atoms with van der Waals surface area (Å²) >= 11 is 1.52. The van der Waals surface area contributed by atoms with Crippen LogP contribution in [0.1, 0.15) is 12.5 Å². The normalized spacial score (nSPS) is 17.5. The molecule has 1 atom stereocenters. The van der Waals surface area contributed by atoms with Gasteiger partial charge in [0.1, 0.15) is 5.82 Å². The van der Waals surface area contributed by atoms with Gasteiger partial charge in [-0.05, 0) is 35.9 Å². The van der Waals surface area contributed by atoms with Crippen molar-refractivity contribution in [3.63, 3.8) is 0 Å². The number of sulfonamides is 1. The zero-order valence-corrected chi connectivity index (χ0v) is 15.1. The molecule has 0 aliphatic carbocycles. The number of nitrogens with one attached hydrogen (secondary N) is 2. The van der Waals surface area contributed by atoms with E-state index in [9.17, 15) is 17.6 Å². The van der Waals surface area contributed by atoms with Crippen molar-refractivity contribution in [3.8, 4) is 0 Å². The zero-order chi connectivity index (χ0) is 18.0. The van der Waals surface area contributed by atoms with E-state index in [1.54, 1.807) is 6.07 Å². The van der Waals surface area contributed by atoms with Gasteiger partial charge in [0.05, 0.1) is 10.6 Å². The molecule has 1 heterocycles. The lowest BCUT2D eigenvalue weighted by Gasteiger charge is -2.11. The third-order valence-electron chi connectivity index (χ3n) is 3.84. The second-order valence-electron chi connectivity index (χ2n) is 5.81. The van der Waals surface area contributed by atoms with Gasteiger partial charge in [-0.3, -0.25) is 4.79 Å². The lowest BCUT2D eigenvalue weighted by atomic mass is 10.2. The van der Waals surface area contributed by atoms with Crippen LogP contribution < -0.4 is 10.0 Å². The maximum absolute atomic E-state index is 12.9. The molecule has 0 unspecified atom stereocenters. The van der Waals surface area contributed by atoms with Crippen LogP contribution in [0.5, 0.6) is 0 Å². The Morgan fingerprint density at radius 1 is 1.24 bits per heavy atom. The van der Waals surface area contributed by atoms with Crippen molar-refractivity contribution in [2.24, 2.45) is 5.92 Å². The fourth-order valence-electron chi connectivity index (χ4n) is 2.31. The molecule has 2 aromatic rings. The Labute approximate surface area is 150 Å². The van der Waals surface area contributed by atoms with Gasteiger partial charge in [0.15, 0.2) is 0 Å². The van der Waals surface area contributed by atoms with Crippen LogP contribution in [0.4, 0.5) is 10.1 Å². The highest BCUT2D eigenvalue weighted by Crippen LogP contribution is 2.34. The number of hydrogen-bond donors (Lipinski definition) is 2. The van der Waals surface area contributed by atoms with E-state index in [1.807, 2.05) is 6.92 Å². The first-order chi connectivity index (χ1) is 11.8. The van der Waals surface area contributed by atoms with E-state index in [0.717, 1.165) is 4.90 Å². The molecule has 2 aromatic carbocycles. The number of thioether (sulfide) groups is 1. The number of hydrogen-bond acceptors (Lipinski definition) is 4. The Balaban J connectivity index is 1.79. The van der Waals surface area contributed by atoms with Crippen molar-refractivity contribution in [3.05, 3.63) is 53.8 Å². The van der Waals surface area contributed by atoms with Crippen LogP contribution in [0.2, 0.25) is 0 Å². The Kier molecular flexibility index (Phi) is 5.12. The Hall–Kier alpha value is -1.90. The smallest absolute Gasteiger partial charge is 0.240 e. The first kappa shape index (κ1) is 17.9. The minimum atomic E-state index is -3.75. The summed E-state index contributed by atoms with van der Waals surface area (Å²) in [6.07, 6.45) is 0. The molecule has 2 N–H and O–H groups in total. The molecule has 0 radical (unpaired) electrons. The Morgan fingerprint density at radius 2 is 1.96 bits per heavy atom. The first-order valence-corrected chi connectivity index (χ1v) is 10.1. The average Bonchev–Trinajstić information content (AvgIpc) is 2.73. The number of benzene rings is 2. The molecule has 0 saturated heterocycles. The quantitative estimate of drug-likeness (QED) is 0.855. The van der Waals surface area contributed by atoms with Gasteiger partial charge in [-0.25, -0.2) is 17.5 Å². The SMILES string of the molecule is C[C@H]1CSc2ccc(S(=O)(=O)NCc3ccc(F)cc3)cc2NC1=O. The predicted molar refractivity (Wildman–Crippen MR) is 95.4 cm³/mol. The molecule has 1 amide bonds. The van der Waals surface area contributed by atoms with Gasteiger partial charge in [0.2, 0.25) is 15.9 Å². The zero-order valence-electron chi connectivity index (χ0n) is 13.5.